The van der Waals surface area contributed by atoms with Gasteiger partial charge >= 0.3 is 17.9 Å². The zero-order valence-electron chi connectivity index (χ0n) is 12.4. The number of carbonyl (C=O) groups is 3. The highest BCUT2D eigenvalue weighted by molar-refractivity contribution is 5.76. The van der Waals surface area contributed by atoms with Crippen molar-refractivity contribution in [2.75, 3.05) is 0 Å². The molecule has 1 aliphatic carbocycles. The third kappa shape index (κ3) is 5.34. The maximum Gasteiger partial charge on any atom is 0.326 e. The van der Waals surface area contributed by atoms with Crippen molar-refractivity contribution >= 4 is 17.9 Å². The monoisotopic (exact) mass is 301 g/mol. The van der Waals surface area contributed by atoms with Gasteiger partial charge in [0.1, 0.15) is 6.04 Å². The Kier molecular flexibility index (Phi) is 6.61. The minimum absolute atomic E-state index is 0.0952. The molecular weight excluding hydrogens is 278 g/mol. The topological polar surface area (TPSA) is 116 Å². The fourth-order valence-corrected chi connectivity index (χ4v) is 2.45. The lowest BCUT2D eigenvalue weighted by atomic mass is 9.79. The molecule has 7 nitrogen and oxygen atoms in total. The second kappa shape index (κ2) is 7.97. The molecule has 3 N–H and O–H groups in total. The number of nitrogens with two attached hydrogens (primary N) is 1. The zero-order valence-corrected chi connectivity index (χ0v) is 12.4. The first-order valence-corrected chi connectivity index (χ1v) is 7.23. The second-order valence-electron chi connectivity index (χ2n) is 5.32. The number of carbonyl (C=O) groups excluding carboxylic acids is 2. The van der Waals surface area contributed by atoms with Gasteiger partial charge in [0.05, 0.1) is 5.92 Å². The van der Waals surface area contributed by atoms with Gasteiger partial charge in [0, 0.05) is 13.3 Å². The quantitative estimate of drug-likeness (QED) is 0.556. The number of rotatable bonds is 6. The van der Waals surface area contributed by atoms with Gasteiger partial charge in [-0.3, -0.25) is 14.4 Å². The van der Waals surface area contributed by atoms with Crippen LogP contribution >= 0.6 is 0 Å². The molecule has 0 heterocycles. The molecule has 2 unspecified atom stereocenters. The lowest BCUT2D eigenvalue weighted by Gasteiger charge is -2.29. The van der Waals surface area contributed by atoms with Crippen LogP contribution in [0.1, 0.15) is 46.0 Å². The number of esters is 2. The van der Waals surface area contributed by atoms with E-state index >= 15 is 0 Å². The highest BCUT2D eigenvalue weighted by atomic mass is 16.7. The molecule has 7 heteroatoms. The SMILES string of the molecule is CCC(=O)OC(C)OC(=O)C(N)C1CCC(C(=O)O)CC1. The molecule has 0 aromatic carbocycles. The van der Waals surface area contributed by atoms with Gasteiger partial charge in [-0.2, -0.15) is 0 Å². The zero-order chi connectivity index (χ0) is 16.0. The molecular formula is C14H23NO6. The first-order chi connectivity index (χ1) is 9.85. The molecule has 0 bridgehead atoms. The third-order valence-electron chi connectivity index (χ3n) is 3.77. The summed E-state index contributed by atoms with van der Waals surface area (Å²) in [5.74, 6) is -2.32. The van der Waals surface area contributed by atoms with E-state index in [0.717, 1.165) is 0 Å². The van der Waals surface area contributed by atoms with Crippen LogP contribution in [0.4, 0.5) is 0 Å². The fraction of sp³-hybridized carbons (Fsp3) is 0.786. The molecule has 1 saturated carbocycles. The van der Waals surface area contributed by atoms with Crippen molar-refractivity contribution < 1.29 is 29.0 Å². The van der Waals surface area contributed by atoms with Gasteiger partial charge in [-0.1, -0.05) is 6.92 Å². The molecule has 0 aromatic rings. The van der Waals surface area contributed by atoms with E-state index in [9.17, 15) is 14.4 Å². The van der Waals surface area contributed by atoms with Gasteiger partial charge in [-0.25, -0.2) is 0 Å². The van der Waals surface area contributed by atoms with Crippen molar-refractivity contribution in [1.82, 2.24) is 0 Å². The maximum absolute atomic E-state index is 11.9. The third-order valence-corrected chi connectivity index (χ3v) is 3.77. The van der Waals surface area contributed by atoms with Gasteiger partial charge in [-0.05, 0) is 31.6 Å². The van der Waals surface area contributed by atoms with Crippen molar-refractivity contribution in [2.45, 2.75) is 58.3 Å². The minimum atomic E-state index is -0.966. The van der Waals surface area contributed by atoms with Crippen molar-refractivity contribution in [3.63, 3.8) is 0 Å². The summed E-state index contributed by atoms with van der Waals surface area (Å²) in [6.45, 7) is 3.10. The van der Waals surface area contributed by atoms with Gasteiger partial charge < -0.3 is 20.3 Å². The normalized spacial score (nSPS) is 24.7. The molecule has 1 rings (SSSR count). The smallest absolute Gasteiger partial charge is 0.326 e. The largest absolute Gasteiger partial charge is 0.481 e. The minimum Gasteiger partial charge on any atom is -0.481 e. The number of hydrogen-bond donors (Lipinski definition) is 2. The van der Waals surface area contributed by atoms with Crippen molar-refractivity contribution in [3.05, 3.63) is 0 Å². The standard InChI is InChI=1S/C14H23NO6/c1-3-11(16)20-8(2)21-14(19)12(15)9-4-6-10(7-5-9)13(17)18/h8-10,12H,3-7,15H2,1-2H3,(H,17,18). The van der Waals surface area contributed by atoms with E-state index < -0.39 is 30.2 Å². The van der Waals surface area contributed by atoms with E-state index in [1.807, 2.05) is 0 Å². The summed E-state index contributed by atoms with van der Waals surface area (Å²) >= 11 is 0. The summed E-state index contributed by atoms with van der Waals surface area (Å²) in [6.07, 6.45) is 1.43. The Labute approximate surface area is 123 Å². The number of carboxylic acids is 1. The first kappa shape index (κ1) is 17.4. The Hall–Kier alpha value is -1.63. The average Bonchev–Trinajstić information content (AvgIpc) is 2.46. The van der Waals surface area contributed by atoms with Crippen LogP contribution in [-0.4, -0.2) is 35.3 Å². The summed E-state index contributed by atoms with van der Waals surface area (Å²) in [7, 11) is 0. The molecule has 0 aromatic heterocycles. The first-order valence-electron chi connectivity index (χ1n) is 7.23. The van der Waals surface area contributed by atoms with Crippen molar-refractivity contribution in [2.24, 2.45) is 17.6 Å². The number of ether oxygens (including phenoxy) is 2. The lowest BCUT2D eigenvalue weighted by molar-refractivity contribution is -0.186. The maximum atomic E-state index is 11.9. The van der Waals surface area contributed by atoms with E-state index in [2.05, 4.69) is 0 Å². The Bertz CT molecular complexity index is 389. The van der Waals surface area contributed by atoms with Gasteiger partial charge in [-0.15, -0.1) is 0 Å². The van der Waals surface area contributed by atoms with E-state index in [0.29, 0.717) is 25.7 Å². The molecule has 120 valence electrons. The number of carboxylic acid groups (broad SMARTS) is 1. The highest BCUT2D eigenvalue weighted by Gasteiger charge is 2.33. The molecule has 21 heavy (non-hydrogen) atoms. The fourth-order valence-electron chi connectivity index (χ4n) is 2.45. The van der Waals surface area contributed by atoms with Crippen LogP contribution < -0.4 is 5.73 Å². The second-order valence-corrected chi connectivity index (χ2v) is 5.32. The molecule has 0 amide bonds. The Balaban J connectivity index is 2.41. The van der Waals surface area contributed by atoms with Crippen LogP contribution in [0, 0.1) is 11.8 Å². The summed E-state index contributed by atoms with van der Waals surface area (Å²) < 4.78 is 9.83. The molecule has 0 aliphatic heterocycles. The van der Waals surface area contributed by atoms with E-state index in [-0.39, 0.29) is 18.3 Å². The van der Waals surface area contributed by atoms with E-state index in [1.165, 1.54) is 6.92 Å². The lowest BCUT2D eigenvalue weighted by Crippen LogP contribution is -2.43. The molecule has 2 atom stereocenters. The van der Waals surface area contributed by atoms with Crippen LogP contribution in [0.5, 0.6) is 0 Å². The average molecular weight is 301 g/mol. The van der Waals surface area contributed by atoms with Gasteiger partial charge in [0.2, 0.25) is 6.29 Å². The Morgan fingerprint density at radius 3 is 2.24 bits per heavy atom. The molecule has 1 aliphatic rings. The summed E-state index contributed by atoms with van der Waals surface area (Å²) in [4.78, 5) is 33.8. The molecule has 0 saturated heterocycles. The van der Waals surface area contributed by atoms with Crippen LogP contribution in [0.2, 0.25) is 0 Å². The van der Waals surface area contributed by atoms with Crippen molar-refractivity contribution in [3.8, 4) is 0 Å². The summed E-state index contributed by atoms with van der Waals surface area (Å²) in [6, 6.07) is -0.817. The van der Waals surface area contributed by atoms with Crippen molar-refractivity contribution in [1.29, 1.82) is 0 Å². The molecule has 1 fully saturated rings. The van der Waals surface area contributed by atoms with Gasteiger partial charge in [0.25, 0.3) is 0 Å². The number of hydrogen-bond acceptors (Lipinski definition) is 6. The predicted molar refractivity (Wildman–Crippen MR) is 73.0 cm³/mol. The number of aliphatic carboxylic acids is 1. The van der Waals surface area contributed by atoms with Crippen LogP contribution in [-0.2, 0) is 23.9 Å². The van der Waals surface area contributed by atoms with Crippen LogP contribution in [0.15, 0.2) is 0 Å². The Morgan fingerprint density at radius 2 is 1.76 bits per heavy atom. The Morgan fingerprint density at radius 1 is 1.19 bits per heavy atom. The molecule has 0 radical (unpaired) electrons. The van der Waals surface area contributed by atoms with E-state index in [1.54, 1.807) is 6.92 Å². The molecule has 0 spiro atoms. The highest BCUT2D eigenvalue weighted by Crippen LogP contribution is 2.30. The summed E-state index contributed by atoms with van der Waals surface area (Å²) in [5.41, 5.74) is 5.86. The van der Waals surface area contributed by atoms with Crippen LogP contribution in [0.25, 0.3) is 0 Å². The summed E-state index contributed by atoms with van der Waals surface area (Å²) in [5, 5.41) is 8.93. The van der Waals surface area contributed by atoms with Crippen LogP contribution in [0.3, 0.4) is 0 Å². The predicted octanol–water partition coefficient (Wildman–Crippen LogP) is 1.05. The van der Waals surface area contributed by atoms with E-state index in [4.69, 9.17) is 20.3 Å². The van der Waals surface area contributed by atoms with Gasteiger partial charge in [0.15, 0.2) is 0 Å².